The second-order valence-electron chi connectivity index (χ2n) is 6.36. The van der Waals surface area contributed by atoms with E-state index in [9.17, 15) is 13.2 Å². The molecule has 0 fully saturated rings. The Balaban J connectivity index is 1.71. The van der Waals surface area contributed by atoms with Gasteiger partial charge in [-0.15, -0.1) is 0 Å². The maximum absolute atomic E-state index is 12.4. The Morgan fingerprint density at radius 3 is 2.46 bits per heavy atom. The van der Waals surface area contributed by atoms with E-state index < -0.39 is 10.0 Å². The van der Waals surface area contributed by atoms with Gasteiger partial charge >= 0.3 is 0 Å². The van der Waals surface area contributed by atoms with Crippen molar-refractivity contribution in [2.24, 2.45) is 12.2 Å². The predicted octanol–water partition coefficient (Wildman–Crippen LogP) is 2.25. The molecule has 6 nitrogen and oxygen atoms in total. The van der Waals surface area contributed by atoms with Gasteiger partial charge in [-0.05, 0) is 36.2 Å². The van der Waals surface area contributed by atoms with Gasteiger partial charge < -0.3 is 9.88 Å². The third kappa shape index (κ3) is 3.79. The second kappa shape index (κ2) is 6.93. The molecule has 0 spiro atoms. The number of primary sulfonamides is 1. The van der Waals surface area contributed by atoms with Gasteiger partial charge in [0, 0.05) is 24.1 Å². The van der Waals surface area contributed by atoms with Crippen LogP contribution < -0.4 is 10.5 Å². The number of nitrogens with zero attached hydrogens (tertiary/aromatic N) is 1. The number of carbonyl (C=O) groups excluding carboxylic acids is 1. The number of para-hydroxylation sites is 1. The van der Waals surface area contributed by atoms with Crippen LogP contribution in [0.2, 0.25) is 0 Å². The number of carbonyl (C=O) groups is 1. The summed E-state index contributed by atoms with van der Waals surface area (Å²) in [4.78, 5) is 12.5. The molecule has 1 aromatic heterocycles. The first-order chi connectivity index (χ1) is 12.3. The zero-order valence-corrected chi connectivity index (χ0v) is 15.5. The first-order valence-electron chi connectivity index (χ1n) is 8.21. The van der Waals surface area contributed by atoms with E-state index in [0.29, 0.717) is 0 Å². The highest BCUT2D eigenvalue weighted by atomic mass is 32.2. The number of nitrogens with one attached hydrogen (secondary N) is 1. The molecule has 1 unspecified atom stereocenters. The number of amides is 1. The molecular formula is C19H21N3O3S. The van der Waals surface area contributed by atoms with Gasteiger partial charge in [0.05, 0.1) is 17.4 Å². The van der Waals surface area contributed by atoms with Gasteiger partial charge in [0.25, 0.3) is 0 Å². The molecule has 0 aliphatic rings. The third-order valence-electron chi connectivity index (χ3n) is 4.42. The van der Waals surface area contributed by atoms with E-state index in [2.05, 4.69) is 5.32 Å². The lowest BCUT2D eigenvalue weighted by Gasteiger charge is -2.14. The smallest absolute Gasteiger partial charge is 0.238 e. The van der Waals surface area contributed by atoms with Gasteiger partial charge in [-0.1, -0.05) is 30.3 Å². The lowest BCUT2D eigenvalue weighted by molar-refractivity contribution is -0.121. The minimum atomic E-state index is -3.72. The molecule has 7 heteroatoms. The highest BCUT2D eigenvalue weighted by molar-refractivity contribution is 7.89. The van der Waals surface area contributed by atoms with Gasteiger partial charge in [-0.3, -0.25) is 4.79 Å². The van der Waals surface area contributed by atoms with E-state index in [1.165, 1.54) is 12.1 Å². The highest BCUT2D eigenvalue weighted by Crippen LogP contribution is 2.21. The van der Waals surface area contributed by atoms with E-state index in [0.717, 1.165) is 22.0 Å². The Bertz CT molecular complexity index is 1050. The predicted molar refractivity (Wildman–Crippen MR) is 101 cm³/mol. The van der Waals surface area contributed by atoms with Crippen molar-refractivity contribution in [2.45, 2.75) is 24.3 Å². The summed E-state index contributed by atoms with van der Waals surface area (Å²) in [6.07, 6.45) is 2.25. The molecule has 3 rings (SSSR count). The molecule has 0 bridgehead atoms. The van der Waals surface area contributed by atoms with Crippen molar-refractivity contribution in [3.63, 3.8) is 0 Å². The molecule has 0 saturated heterocycles. The Labute approximate surface area is 152 Å². The standard InChI is InChI=1S/C19H21N3O3S/c1-13(14-7-9-16(10-8-14)26(20,24)25)21-19(23)11-15-12-22(2)18-6-4-3-5-17(15)18/h3-10,12-13H,11H2,1-2H3,(H,21,23)(H2,20,24,25). The van der Waals surface area contributed by atoms with E-state index in [1.54, 1.807) is 12.1 Å². The van der Waals surface area contributed by atoms with Crippen LogP contribution in [0.3, 0.4) is 0 Å². The zero-order valence-electron chi connectivity index (χ0n) is 14.6. The highest BCUT2D eigenvalue weighted by Gasteiger charge is 2.14. The fourth-order valence-electron chi connectivity index (χ4n) is 3.06. The normalized spacial score (nSPS) is 12.9. The van der Waals surface area contributed by atoms with Crippen molar-refractivity contribution in [3.8, 4) is 0 Å². The molecule has 3 aromatic rings. The molecule has 2 aromatic carbocycles. The Hall–Kier alpha value is -2.64. The van der Waals surface area contributed by atoms with E-state index in [-0.39, 0.29) is 23.3 Å². The number of sulfonamides is 1. The van der Waals surface area contributed by atoms with Crippen molar-refractivity contribution in [1.29, 1.82) is 0 Å². The second-order valence-corrected chi connectivity index (χ2v) is 7.92. The van der Waals surface area contributed by atoms with E-state index in [1.807, 2.05) is 49.0 Å². The summed E-state index contributed by atoms with van der Waals surface area (Å²) >= 11 is 0. The molecule has 0 aliphatic carbocycles. The van der Waals surface area contributed by atoms with E-state index >= 15 is 0 Å². The minimum absolute atomic E-state index is 0.0514. The van der Waals surface area contributed by atoms with Gasteiger partial charge in [0.2, 0.25) is 15.9 Å². The van der Waals surface area contributed by atoms with Crippen molar-refractivity contribution >= 4 is 26.8 Å². The van der Waals surface area contributed by atoms with Crippen molar-refractivity contribution in [2.75, 3.05) is 0 Å². The Morgan fingerprint density at radius 2 is 1.81 bits per heavy atom. The first-order valence-corrected chi connectivity index (χ1v) is 9.75. The molecule has 3 N–H and O–H groups in total. The van der Waals surface area contributed by atoms with Gasteiger partial charge in [-0.2, -0.15) is 0 Å². The molecule has 0 aliphatic heterocycles. The van der Waals surface area contributed by atoms with Crippen molar-refractivity contribution < 1.29 is 13.2 Å². The third-order valence-corrected chi connectivity index (χ3v) is 5.35. The summed E-state index contributed by atoms with van der Waals surface area (Å²) in [6.45, 7) is 1.85. The molecule has 1 atom stereocenters. The van der Waals surface area contributed by atoms with Crippen LogP contribution in [0, 0.1) is 0 Å². The van der Waals surface area contributed by atoms with Gasteiger partial charge in [0.1, 0.15) is 0 Å². The monoisotopic (exact) mass is 371 g/mol. The van der Waals surface area contributed by atoms with Crippen LogP contribution in [-0.4, -0.2) is 18.9 Å². The van der Waals surface area contributed by atoms with Gasteiger partial charge in [0.15, 0.2) is 0 Å². The average Bonchev–Trinajstić information content (AvgIpc) is 2.90. The lowest BCUT2D eigenvalue weighted by atomic mass is 10.1. The van der Waals surface area contributed by atoms with Crippen LogP contribution in [-0.2, 0) is 28.3 Å². The van der Waals surface area contributed by atoms with Crippen LogP contribution in [0.1, 0.15) is 24.1 Å². The zero-order chi connectivity index (χ0) is 18.9. The summed E-state index contributed by atoms with van der Waals surface area (Å²) in [5.74, 6) is -0.0932. The maximum Gasteiger partial charge on any atom is 0.238 e. The van der Waals surface area contributed by atoms with Crippen molar-refractivity contribution in [1.82, 2.24) is 9.88 Å². The molecule has 0 saturated carbocycles. The fourth-order valence-corrected chi connectivity index (χ4v) is 3.58. The molecule has 1 amide bonds. The Kier molecular flexibility index (Phi) is 4.84. The summed E-state index contributed by atoms with van der Waals surface area (Å²) in [5.41, 5.74) is 2.86. The maximum atomic E-state index is 12.4. The molecule has 26 heavy (non-hydrogen) atoms. The lowest BCUT2D eigenvalue weighted by Crippen LogP contribution is -2.28. The topological polar surface area (TPSA) is 94.2 Å². The Morgan fingerprint density at radius 1 is 1.15 bits per heavy atom. The number of nitrogens with two attached hydrogens (primary N) is 1. The van der Waals surface area contributed by atoms with Crippen molar-refractivity contribution in [3.05, 3.63) is 65.9 Å². The number of hydrogen-bond acceptors (Lipinski definition) is 3. The SMILES string of the molecule is CC(NC(=O)Cc1cn(C)c2ccccc12)c1ccc(S(N)(=O)=O)cc1. The van der Waals surface area contributed by atoms with Crippen LogP contribution in [0.5, 0.6) is 0 Å². The largest absolute Gasteiger partial charge is 0.350 e. The molecule has 0 radical (unpaired) electrons. The summed E-state index contributed by atoms with van der Waals surface area (Å²) < 4.78 is 24.6. The van der Waals surface area contributed by atoms with Crippen LogP contribution in [0.4, 0.5) is 0 Å². The number of rotatable bonds is 5. The quantitative estimate of drug-likeness (QED) is 0.720. The number of aromatic nitrogens is 1. The minimum Gasteiger partial charge on any atom is -0.350 e. The summed E-state index contributed by atoms with van der Waals surface area (Å²) in [5, 5.41) is 9.11. The number of aryl methyl sites for hydroxylation is 1. The fraction of sp³-hybridized carbons (Fsp3) is 0.211. The van der Waals surface area contributed by atoms with Crippen LogP contribution in [0.25, 0.3) is 10.9 Å². The molecular weight excluding hydrogens is 350 g/mol. The molecule has 136 valence electrons. The van der Waals surface area contributed by atoms with Crippen LogP contribution in [0.15, 0.2) is 59.6 Å². The van der Waals surface area contributed by atoms with Gasteiger partial charge in [-0.25, -0.2) is 13.6 Å². The number of fused-ring (bicyclic) bond motifs is 1. The van der Waals surface area contributed by atoms with Crippen LogP contribution >= 0.6 is 0 Å². The number of hydrogen-bond donors (Lipinski definition) is 2. The average molecular weight is 371 g/mol. The summed E-state index contributed by atoms with van der Waals surface area (Å²) in [6, 6.07) is 13.9. The first kappa shape index (κ1) is 18.2. The van der Waals surface area contributed by atoms with E-state index in [4.69, 9.17) is 5.14 Å². The number of benzene rings is 2. The summed E-state index contributed by atoms with van der Waals surface area (Å²) in [7, 11) is -1.76. The molecule has 1 heterocycles.